The van der Waals surface area contributed by atoms with Gasteiger partial charge in [-0.3, -0.25) is 9.78 Å². The Morgan fingerprint density at radius 2 is 2.31 bits per heavy atom. The zero-order valence-electron chi connectivity index (χ0n) is 9.65. The van der Waals surface area contributed by atoms with Gasteiger partial charge in [0, 0.05) is 30.8 Å². The zero-order valence-corrected chi connectivity index (χ0v) is 9.65. The number of nitrogens with one attached hydrogen (secondary N) is 1. The van der Waals surface area contributed by atoms with Crippen molar-refractivity contribution in [3.8, 4) is 0 Å². The van der Waals surface area contributed by atoms with Gasteiger partial charge in [0.25, 0.3) is 0 Å². The molecule has 1 saturated carbocycles. The zero-order chi connectivity index (χ0) is 11.4. The van der Waals surface area contributed by atoms with Crippen LogP contribution in [0.25, 0.3) is 0 Å². The fraction of sp³-hybridized carbons (Fsp3) is 0.538. The van der Waals surface area contributed by atoms with Crippen molar-refractivity contribution in [3.05, 3.63) is 30.1 Å². The third-order valence-electron chi connectivity index (χ3n) is 3.19. The van der Waals surface area contributed by atoms with E-state index in [1.807, 2.05) is 18.3 Å². The Bertz CT molecular complexity index is 350. The van der Waals surface area contributed by atoms with Gasteiger partial charge in [0.1, 0.15) is 0 Å². The first-order valence-corrected chi connectivity index (χ1v) is 5.93. The van der Waals surface area contributed by atoms with Crippen molar-refractivity contribution in [3.63, 3.8) is 0 Å². The highest BCUT2D eigenvalue weighted by Gasteiger charge is 2.24. The van der Waals surface area contributed by atoms with Crippen LogP contribution in [0.1, 0.15) is 44.2 Å². The first-order chi connectivity index (χ1) is 7.75. The summed E-state index contributed by atoms with van der Waals surface area (Å²) in [6, 6.07) is 6.39. The smallest absolute Gasteiger partial charge is 0.217 e. The SMILES string of the molecule is CC(=O)NC1CCCC(c2ccccn2)C1. The maximum Gasteiger partial charge on any atom is 0.217 e. The van der Waals surface area contributed by atoms with Crippen LogP contribution in [-0.4, -0.2) is 16.9 Å². The van der Waals surface area contributed by atoms with Gasteiger partial charge in [-0.2, -0.15) is 0 Å². The molecule has 1 aliphatic rings. The molecule has 2 atom stereocenters. The molecule has 0 spiro atoms. The number of hydrogen-bond acceptors (Lipinski definition) is 2. The predicted molar refractivity (Wildman–Crippen MR) is 63.1 cm³/mol. The molecule has 0 aromatic carbocycles. The molecule has 86 valence electrons. The fourth-order valence-corrected chi connectivity index (χ4v) is 2.49. The molecule has 1 aliphatic carbocycles. The molecule has 1 aromatic heterocycles. The second-order valence-electron chi connectivity index (χ2n) is 4.52. The second-order valence-corrected chi connectivity index (χ2v) is 4.52. The Kier molecular flexibility index (Phi) is 3.54. The van der Waals surface area contributed by atoms with Crippen LogP contribution in [0.3, 0.4) is 0 Å². The van der Waals surface area contributed by atoms with E-state index in [-0.39, 0.29) is 5.91 Å². The average molecular weight is 218 g/mol. The molecule has 0 saturated heterocycles. The van der Waals surface area contributed by atoms with Crippen molar-refractivity contribution >= 4 is 5.91 Å². The topological polar surface area (TPSA) is 42.0 Å². The lowest BCUT2D eigenvalue weighted by atomic mass is 9.83. The van der Waals surface area contributed by atoms with E-state index in [1.165, 1.54) is 12.8 Å². The maximum absolute atomic E-state index is 11.0. The molecule has 3 heteroatoms. The standard InChI is InChI=1S/C13H18N2O/c1-10(16)15-12-6-4-5-11(9-12)13-7-2-3-8-14-13/h2-3,7-8,11-12H,4-6,9H2,1H3,(H,15,16). The molecule has 3 nitrogen and oxygen atoms in total. The highest BCUT2D eigenvalue weighted by Crippen LogP contribution is 2.31. The summed E-state index contributed by atoms with van der Waals surface area (Å²) in [4.78, 5) is 15.4. The van der Waals surface area contributed by atoms with Crippen molar-refractivity contribution in [2.45, 2.75) is 44.6 Å². The molecule has 0 bridgehead atoms. The molecule has 1 heterocycles. The lowest BCUT2D eigenvalue weighted by molar-refractivity contribution is -0.119. The van der Waals surface area contributed by atoms with E-state index >= 15 is 0 Å². The lowest BCUT2D eigenvalue weighted by Gasteiger charge is -2.29. The molecular weight excluding hydrogens is 200 g/mol. The summed E-state index contributed by atoms with van der Waals surface area (Å²) in [6.07, 6.45) is 6.33. The van der Waals surface area contributed by atoms with Gasteiger partial charge >= 0.3 is 0 Å². The Balaban J connectivity index is 1.99. The molecule has 0 radical (unpaired) electrons. The van der Waals surface area contributed by atoms with Crippen molar-refractivity contribution in [1.82, 2.24) is 10.3 Å². The molecule has 2 unspecified atom stereocenters. The van der Waals surface area contributed by atoms with Gasteiger partial charge in [0.2, 0.25) is 5.91 Å². The van der Waals surface area contributed by atoms with E-state index in [4.69, 9.17) is 0 Å². The highest BCUT2D eigenvalue weighted by atomic mass is 16.1. The van der Waals surface area contributed by atoms with Crippen molar-refractivity contribution in [2.75, 3.05) is 0 Å². The average Bonchev–Trinajstić information content (AvgIpc) is 2.30. The van der Waals surface area contributed by atoms with E-state index in [9.17, 15) is 4.79 Å². The van der Waals surface area contributed by atoms with Crippen molar-refractivity contribution in [1.29, 1.82) is 0 Å². The van der Waals surface area contributed by atoms with E-state index < -0.39 is 0 Å². The van der Waals surface area contributed by atoms with E-state index in [0.29, 0.717) is 12.0 Å². The van der Waals surface area contributed by atoms with E-state index in [0.717, 1.165) is 18.5 Å². The van der Waals surface area contributed by atoms with Gasteiger partial charge < -0.3 is 5.32 Å². The summed E-state index contributed by atoms with van der Waals surface area (Å²) < 4.78 is 0. The largest absolute Gasteiger partial charge is 0.354 e. The molecule has 1 fully saturated rings. The van der Waals surface area contributed by atoms with E-state index in [1.54, 1.807) is 6.92 Å². The number of hydrogen-bond donors (Lipinski definition) is 1. The van der Waals surface area contributed by atoms with Gasteiger partial charge in [0.05, 0.1) is 0 Å². The van der Waals surface area contributed by atoms with Crippen molar-refractivity contribution < 1.29 is 4.79 Å². The third-order valence-corrected chi connectivity index (χ3v) is 3.19. The van der Waals surface area contributed by atoms with Crippen LogP contribution in [0.2, 0.25) is 0 Å². The minimum Gasteiger partial charge on any atom is -0.354 e. The number of carbonyl (C=O) groups excluding carboxylic acids is 1. The Morgan fingerprint density at radius 3 is 3.00 bits per heavy atom. The summed E-state index contributed by atoms with van der Waals surface area (Å²) in [5, 5.41) is 3.01. The summed E-state index contributed by atoms with van der Waals surface area (Å²) in [6.45, 7) is 1.59. The van der Waals surface area contributed by atoms with Crippen LogP contribution in [0, 0.1) is 0 Å². The summed E-state index contributed by atoms with van der Waals surface area (Å²) in [5.41, 5.74) is 1.16. The molecule has 1 aromatic rings. The van der Waals surface area contributed by atoms with Crippen LogP contribution in [0.15, 0.2) is 24.4 Å². The van der Waals surface area contributed by atoms with Gasteiger partial charge in [0.15, 0.2) is 0 Å². The lowest BCUT2D eigenvalue weighted by Crippen LogP contribution is -2.36. The van der Waals surface area contributed by atoms with Crippen LogP contribution >= 0.6 is 0 Å². The fourth-order valence-electron chi connectivity index (χ4n) is 2.49. The number of carbonyl (C=O) groups is 1. The first-order valence-electron chi connectivity index (χ1n) is 5.93. The maximum atomic E-state index is 11.0. The third kappa shape index (κ3) is 2.81. The summed E-state index contributed by atoms with van der Waals surface area (Å²) in [5.74, 6) is 0.582. The predicted octanol–water partition coefficient (Wildman–Crippen LogP) is 2.24. The second kappa shape index (κ2) is 5.10. The summed E-state index contributed by atoms with van der Waals surface area (Å²) in [7, 11) is 0. The number of nitrogens with zero attached hydrogens (tertiary/aromatic N) is 1. The molecule has 2 rings (SSSR count). The number of pyridine rings is 1. The molecule has 0 aliphatic heterocycles. The molecule has 1 N–H and O–H groups in total. The molecule has 16 heavy (non-hydrogen) atoms. The van der Waals surface area contributed by atoms with Crippen LogP contribution < -0.4 is 5.32 Å². The van der Waals surface area contributed by atoms with Gasteiger partial charge in [-0.05, 0) is 31.4 Å². The first kappa shape index (κ1) is 11.1. The van der Waals surface area contributed by atoms with Crippen molar-refractivity contribution in [2.24, 2.45) is 0 Å². The van der Waals surface area contributed by atoms with Crippen LogP contribution in [-0.2, 0) is 4.79 Å². The highest BCUT2D eigenvalue weighted by molar-refractivity contribution is 5.73. The minimum atomic E-state index is 0.0756. The summed E-state index contributed by atoms with van der Waals surface area (Å²) >= 11 is 0. The van der Waals surface area contributed by atoms with Gasteiger partial charge in [-0.25, -0.2) is 0 Å². The minimum absolute atomic E-state index is 0.0756. The van der Waals surface area contributed by atoms with Gasteiger partial charge in [-0.15, -0.1) is 0 Å². The Hall–Kier alpha value is -1.38. The molecule has 1 amide bonds. The number of rotatable bonds is 2. The van der Waals surface area contributed by atoms with E-state index in [2.05, 4.69) is 16.4 Å². The van der Waals surface area contributed by atoms with Crippen LogP contribution in [0.4, 0.5) is 0 Å². The Morgan fingerprint density at radius 1 is 1.44 bits per heavy atom. The monoisotopic (exact) mass is 218 g/mol. The number of amides is 1. The van der Waals surface area contributed by atoms with Gasteiger partial charge in [-0.1, -0.05) is 12.5 Å². The van der Waals surface area contributed by atoms with Crippen LogP contribution in [0.5, 0.6) is 0 Å². The Labute approximate surface area is 96.3 Å². The molecular formula is C13H18N2O. The quantitative estimate of drug-likeness (QED) is 0.827. The normalized spacial score (nSPS) is 25.1. The number of aromatic nitrogens is 1.